The van der Waals surface area contributed by atoms with Crippen LogP contribution in [-0.4, -0.2) is 16.8 Å². The van der Waals surface area contributed by atoms with Gasteiger partial charge in [-0.15, -0.1) is 0 Å². The summed E-state index contributed by atoms with van der Waals surface area (Å²) >= 11 is 0. The number of allylic oxidation sites excluding steroid dienone is 3. The molecule has 0 unspecified atom stereocenters. The van der Waals surface area contributed by atoms with E-state index in [2.05, 4.69) is 6.58 Å². The van der Waals surface area contributed by atoms with E-state index in [-0.39, 0.29) is 23.4 Å². The Labute approximate surface area is 213 Å². The van der Waals surface area contributed by atoms with Gasteiger partial charge in [0.05, 0.1) is 11.3 Å². The lowest BCUT2D eigenvalue weighted by Crippen LogP contribution is -2.08. The van der Waals surface area contributed by atoms with Crippen molar-refractivity contribution >= 4 is 11.7 Å². The van der Waals surface area contributed by atoms with Crippen molar-refractivity contribution in [1.82, 2.24) is 0 Å². The molecule has 0 heterocycles. The number of aryl methyl sites for hydroxylation is 3. The van der Waals surface area contributed by atoms with Gasteiger partial charge in [-0.2, -0.15) is 13.2 Å². The van der Waals surface area contributed by atoms with Gasteiger partial charge in [0.15, 0.2) is 0 Å². The minimum Gasteiger partial charge on any atom is -0.481 e. The molecule has 0 bridgehead atoms. The van der Waals surface area contributed by atoms with E-state index in [1.807, 2.05) is 19.9 Å². The maximum Gasteiger partial charge on any atom is 0.416 e. The summed E-state index contributed by atoms with van der Waals surface area (Å²) in [6.07, 6.45) is 0.0971. The van der Waals surface area contributed by atoms with E-state index in [4.69, 9.17) is 20.0 Å². The summed E-state index contributed by atoms with van der Waals surface area (Å²) in [5.74, 6) is 0.533. The van der Waals surface area contributed by atoms with E-state index in [0.29, 0.717) is 23.7 Å². The molecule has 8 heteroatoms. The van der Waals surface area contributed by atoms with E-state index >= 15 is 0 Å². The van der Waals surface area contributed by atoms with Gasteiger partial charge in [-0.25, -0.2) is 0 Å². The maximum absolute atomic E-state index is 13.3. The van der Waals surface area contributed by atoms with E-state index in [0.717, 1.165) is 28.8 Å². The quantitative estimate of drug-likeness (QED) is 0.214. The SMILES string of the molecule is C=C/C=C\C(=N)c1cc(C(F)(F)F)ccc1Oc1cc(C)cc(Oc2ccc(CCC(=O)O)c(C)c2)c1. The van der Waals surface area contributed by atoms with Crippen LogP contribution in [0.1, 0.15) is 34.2 Å². The first-order valence-electron chi connectivity index (χ1n) is 11.3. The fraction of sp³-hybridized carbons (Fsp3) is 0.172. The highest BCUT2D eigenvalue weighted by Gasteiger charge is 2.31. The zero-order valence-corrected chi connectivity index (χ0v) is 20.4. The van der Waals surface area contributed by atoms with Crippen LogP contribution in [0.15, 0.2) is 79.4 Å². The van der Waals surface area contributed by atoms with Gasteiger partial charge < -0.3 is 20.0 Å². The van der Waals surface area contributed by atoms with Gasteiger partial charge in [-0.05, 0) is 85.5 Å². The minimum absolute atomic E-state index is 0.0236. The molecule has 3 aromatic rings. The summed E-state index contributed by atoms with van der Waals surface area (Å²) in [4.78, 5) is 10.8. The molecule has 0 aromatic heterocycles. The number of carboxylic acids is 1. The Balaban J connectivity index is 1.89. The molecule has 0 atom stereocenters. The smallest absolute Gasteiger partial charge is 0.416 e. The standard InChI is InChI=1S/C29H26F3NO4/c1-4-5-6-26(33)25-16-21(29(30,31)32)9-11-27(25)37-24-14-18(2)13-23(17-24)36-22-10-7-20(19(3)15-22)8-12-28(34)35/h4-7,9-11,13-17,33H,1,8,12H2,2-3H3,(H,34,35)/b6-5-,33-26?. The highest BCUT2D eigenvalue weighted by Crippen LogP contribution is 2.36. The molecular formula is C29H26F3NO4. The summed E-state index contributed by atoms with van der Waals surface area (Å²) in [6, 6.07) is 13.4. The molecule has 3 rings (SSSR count). The third-order valence-corrected chi connectivity index (χ3v) is 5.41. The van der Waals surface area contributed by atoms with Crippen LogP contribution in [-0.2, 0) is 17.4 Å². The zero-order chi connectivity index (χ0) is 27.2. The third-order valence-electron chi connectivity index (χ3n) is 5.41. The maximum atomic E-state index is 13.3. The zero-order valence-electron chi connectivity index (χ0n) is 20.4. The molecule has 0 spiro atoms. The van der Waals surface area contributed by atoms with Crippen molar-refractivity contribution in [2.45, 2.75) is 32.9 Å². The van der Waals surface area contributed by atoms with E-state index < -0.39 is 17.7 Å². The van der Waals surface area contributed by atoms with Crippen molar-refractivity contribution in [2.24, 2.45) is 0 Å². The lowest BCUT2D eigenvalue weighted by molar-refractivity contribution is -0.138. The number of carbonyl (C=O) groups is 1. The second-order valence-electron chi connectivity index (χ2n) is 8.39. The summed E-state index contributed by atoms with van der Waals surface area (Å²) in [6.45, 7) is 7.21. The van der Waals surface area contributed by atoms with E-state index in [9.17, 15) is 18.0 Å². The fourth-order valence-electron chi connectivity index (χ4n) is 3.61. The predicted molar refractivity (Wildman–Crippen MR) is 136 cm³/mol. The number of nitrogens with one attached hydrogen (secondary N) is 1. The molecule has 0 saturated heterocycles. The Hall–Kier alpha value is -4.33. The topological polar surface area (TPSA) is 79.6 Å². The summed E-state index contributed by atoms with van der Waals surface area (Å²) in [7, 11) is 0. The highest BCUT2D eigenvalue weighted by molar-refractivity contribution is 6.08. The molecule has 2 N–H and O–H groups in total. The van der Waals surface area contributed by atoms with Gasteiger partial charge in [-0.3, -0.25) is 4.79 Å². The molecule has 3 aromatic carbocycles. The number of carboxylic acid groups (broad SMARTS) is 1. The average molecular weight is 510 g/mol. The number of ether oxygens (including phenoxy) is 2. The number of aliphatic carboxylic acids is 1. The molecule has 37 heavy (non-hydrogen) atoms. The predicted octanol–water partition coefficient (Wildman–Crippen LogP) is 8.03. The molecule has 0 aliphatic rings. The van der Waals surface area contributed by atoms with Crippen molar-refractivity contribution < 1.29 is 32.5 Å². The van der Waals surface area contributed by atoms with Crippen LogP contribution in [0.5, 0.6) is 23.0 Å². The first kappa shape index (κ1) is 27.3. The second kappa shape index (κ2) is 11.6. The Bertz CT molecular complexity index is 1360. The molecule has 5 nitrogen and oxygen atoms in total. The lowest BCUT2D eigenvalue weighted by Gasteiger charge is -2.15. The summed E-state index contributed by atoms with van der Waals surface area (Å²) in [5.41, 5.74) is 1.52. The van der Waals surface area contributed by atoms with Crippen molar-refractivity contribution in [1.29, 1.82) is 5.41 Å². The largest absolute Gasteiger partial charge is 0.481 e. The van der Waals surface area contributed by atoms with Gasteiger partial charge in [-0.1, -0.05) is 24.8 Å². The van der Waals surface area contributed by atoms with Gasteiger partial charge in [0.25, 0.3) is 0 Å². The Morgan fingerprint density at radius 2 is 1.70 bits per heavy atom. The van der Waals surface area contributed by atoms with Crippen molar-refractivity contribution in [2.75, 3.05) is 0 Å². The Morgan fingerprint density at radius 3 is 2.32 bits per heavy atom. The Kier molecular flexibility index (Phi) is 8.55. The molecule has 0 fully saturated rings. The molecule has 0 saturated carbocycles. The van der Waals surface area contributed by atoms with Crippen molar-refractivity contribution in [3.8, 4) is 23.0 Å². The highest BCUT2D eigenvalue weighted by atomic mass is 19.4. The third kappa shape index (κ3) is 7.57. The van der Waals surface area contributed by atoms with Crippen LogP contribution in [0.25, 0.3) is 0 Å². The number of hydrogen-bond donors (Lipinski definition) is 2. The number of rotatable bonds is 10. The van der Waals surface area contributed by atoms with Crippen LogP contribution < -0.4 is 9.47 Å². The molecular weight excluding hydrogens is 483 g/mol. The number of halogens is 3. The van der Waals surface area contributed by atoms with Crippen LogP contribution in [0.3, 0.4) is 0 Å². The van der Waals surface area contributed by atoms with Crippen LogP contribution in [0, 0.1) is 19.3 Å². The molecule has 192 valence electrons. The number of benzene rings is 3. The average Bonchev–Trinajstić information content (AvgIpc) is 2.81. The van der Waals surface area contributed by atoms with Gasteiger partial charge in [0, 0.05) is 18.1 Å². The van der Waals surface area contributed by atoms with Crippen LogP contribution in [0.2, 0.25) is 0 Å². The first-order valence-corrected chi connectivity index (χ1v) is 11.3. The summed E-state index contributed by atoms with van der Waals surface area (Å²) in [5, 5.41) is 17.1. The van der Waals surface area contributed by atoms with Crippen molar-refractivity contribution in [3.63, 3.8) is 0 Å². The van der Waals surface area contributed by atoms with Gasteiger partial charge >= 0.3 is 12.1 Å². The second-order valence-corrected chi connectivity index (χ2v) is 8.39. The minimum atomic E-state index is -4.57. The monoisotopic (exact) mass is 509 g/mol. The lowest BCUT2D eigenvalue weighted by atomic mass is 10.0. The fourth-order valence-corrected chi connectivity index (χ4v) is 3.61. The Morgan fingerprint density at radius 1 is 1.00 bits per heavy atom. The van der Waals surface area contributed by atoms with Crippen LogP contribution >= 0.6 is 0 Å². The first-order chi connectivity index (χ1) is 17.5. The molecule has 0 amide bonds. The number of hydrogen-bond acceptors (Lipinski definition) is 4. The molecule has 0 aliphatic heterocycles. The van der Waals surface area contributed by atoms with E-state index in [1.54, 1.807) is 30.3 Å². The van der Waals surface area contributed by atoms with Gasteiger partial charge in [0.1, 0.15) is 23.0 Å². The van der Waals surface area contributed by atoms with Crippen molar-refractivity contribution in [3.05, 3.63) is 107 Å². The van der Waals surface area contributed by atoms with E-state index in [1.165, 1.54) is 24.3 Å². The van der Waals surface area contributed by atoms with Gasteiger partial charge in [0.2, 0.25) is 0 Å². The number of alkyl halides is 3. The molecule has 0 radical (unpaired) electrons. The summed E-state index contributed by atoms with van der Waals surface area (Å²) < 4.78 is 51.8. The molecule has 0 aliphatic carbocycles. The normalized spacial score (nSPS) is 11.4. The van der Waals surface area contributed by atoms with Crippen LogP contribution in [0.4, 0.5) is 13.2 Å².